The van der Waals surface area contributed by atoms with Gasteiger partial charge in [0.05, 0.1) is 11.0 Å². The van der Waals surface area contributed by atoms with Gasteiger partial charge in [0.25, 0.3) is 10.1 Å². The lowest BCUT2D eigenvalue weighted by Crippen LogP contribution is -2.14. The summed E-state index contributed by atoms with van der Waals surface area (Å²) >= 11 is 0. The standard InChI is InChI=1S/C13H20O3S/c1-4-5-8-12-9-6-7-10-13(12)17(14,15)16-11(2)3/h6-7,9-11H,4-5,8H2,1-3H3. The Morgan fingerprint density at radius 2 is 1.88 bits per heavy atom. The summed E-state index contributed by atoms with van der Waals surface area (Å²) in [5, 5.41) is 0. The van der Waals surface area contributed by atoms with Crippen LogP contribution in [0.4, 0.5) is 0 Å². The molecule has 0 N–H and O–H groups in total. The quantitative estimate of drug-likeness (QED) is 0.734. The number of unbranched alkanes of at least 4 members (excludes halogenated alkanes) is 1. The summed E-state index contributed by atoms with van der Waals surface area (Å²) in [5.74, 6) is 0. The summed E-state index contributed by atoms with van der Waals surface area (Å²) in [4.78, 5) is 0.308. The molecule has 3 nitrogen and oxygen atoms in total. The average molecular weight is 256 g/mol. The third-order valence-corrected chi connectivity index (χ3v) is 3.94. The van der Waals surface area contributed by atoms with Gasteiger partial charge in [0.2, 0.25) is 0 Å². The molecule has 0 aliphatic rings. The molecule has 1 aromatic carbocycles. The molecule has 0 bridgehead atoms. The first-order chi connectivity index (χ1) is 7.97. The Balaban J connectivity index is 3.04. The second-order valence-corrected chi connectivity index (χ2v) is 5.85. The van der Waals surface area contributed by atoms with E-state index in [1.165, 1.54) is 0 Å². The predicted molar refractivity (Wildman–Crippen MR) is 68.5 cm³/mol. The van der Waals surface area contributed by atoms with Crippen LogP contribution < -0.4 is 0 Å². The molecule has 4 heteroatoms. The molecule has 1 rings (SSSR count). The minimum Gasteiger partial charge on any atom is -0.264 e. The molecule has 0 aromatic heterocycles. The van der Waals surface area contributed by atoms with E-state index in [1.54, 1.807) is 26.0 Å². The first-order valence-corrected chi connectivity index (χ1v) is 7.39. The maximum atomic E-state index is 12.0. The van der Waals surface area contributed by atoms with Crippen molar-refractivity contribution in [2.24, 2.45) is 0 Å². The molecule has 0 unspecified atom stereocenters. The van der Waals surface area contributed by atoms with E-state index in [9.17, 15) is 8.42 Å². The van der Waals surface area contributed by atoms with E-state index in [0.717, 1.165) is 24.8 Å². The summed E-state index contributed by atoms with van der Waals surface area (Å²) < 4.78 is 29.0. The smallest absolute Gasteiger partial charge is 0.264 e. The van der Waals surface area contributed by atoms with E-state index in [0.29, 0.717) is 4.90 Å². The minimum atomic E-state index is -3.62. The average Bonchev–Trinajstić information content (AvgIpc) is 2.25. The number of hydrogen-bond acceptors (Lipinski definition) is 3. The zero-order valence-corrected chi connectivity index (χ0v) is 11.5. The number of benzene rings is 1. The van der Waals surface area contributed by atoms with Crippen molar-refractivity contribution < 1.29 is 12.6 Å². The second-order valence-electron chi connectivity index (χ2n) is 4.31. The van der Waals surface area contributed by atoms with Gasteiger partial charge in [-0.15, -0.1) is 0 Å². The fourth-order valence-electron chi connectivity index (χ4n) is 1.63. The molecule has 0 fully saturated rings. The molecule has 0 amide bonds. The highest BCUT2D eigenvalue weighted by Gasteiger charge is 2.20. The normalized spacial score (nSPS) is 12.0. The monoisotopic (exact) mass is 256 g/mol. The third-order valence-electron chi connectivity index (χ3n) is 2.36. The minimum absolute atomic E-state index is 0.308. The molecule has 0 aliphatic heterocycles. The van der Waals surface area contributed by atoms with Gasteiger partial charge in [0, 0.05) is 0 Å². The molecule has 17 heavy (non-hydrogen) atoms. The van der Waals surface area contributed by atoms with Crippen molar-refractivity contribution in [2.75, 3.05) is 0 Å². The van der Waals surface area contributed by atoms with Crippen LogP contribution in [0.25, 0.3) is 0 Å². The molecule has 0 aliphatic carbocycles. The molecule has 1 aromatic rings. The molecular weight excluding hydrogens is 236 g/mol. The first kappa shape index (κ1) is 14.2. The number of rotatable bonds is 6. The van der Waals surface area contributed by atoms with Gasteiger partial charge in [0.1, 0.15) is 0 Å². The van der Waals surface area contributed by atoms with Gasteiger partial charge < -0.3 is 0 Å². The Labute approximate surface area is 104 Å². The molecule has 0 spiro atoms. The second kappa shape index (κ2) is 6.17. The van der Waals surface area contributed by atoms with Gasteiger partial charge in [-0.3, -0.25) is 4.18 Å². The summed E-state index contributed by atoms with van der Waals surface area (Å²) in [6.45, 7) is 5.51. The van der Waals surface area contributed by atoms with Gasteiger partial charge in [-0.2, -0.15) is 8.42 Å². The molecular formula is C13H20O3S. The lowest BCUT2D eigenvalue weighted by atomic mass is 10.1. The first-order valence-electron chi connectivity index (χ1n) is 5.98. The third kappa shape index (κ3) is 4.13. The van der Waals surface area contributed by atoms with E-state index < -0.39 is 10.1 Å². The Kier molecular flexibility index (Phi) is 5.15. The maximum absolute atomic E-state index is 12.0. The van der Waals surface area contributed by atoms with Crippen molar-refractivity contribution in [3.05, 3.63) is 29.8 Å². The summed E-state index contributed by atoms with van der Waals surface area (Å²) in [5.41, 5.74) is 0.843. The highest BCUT2D eigenvalue weighted by molar-refractivity contribution is 7.86. The summed E-state index contributed by atoms with van der Waals surface area (Å²) in [6.07, 6.45) is 2.46. The van der Waals surface area contributed by atoms with Gasteiger partial charge in [0.15, 0.2) is 0 Å². The SMILES string of the molecule is CCCCc1ccccc1S(=O)(=O)OC(C)C. The summed E-state index contributed by atoms with van der Waals surface area (Å²) in [7, 11) is -3.62. The molecule has 0 heterocycles. The van der Waals surface area contributed by atoms with Crippen LogP contribution in [0.3, 0.4) is 0 Å². The van der Waals surface area contributed by atoms with E-state index in [-0.39, 0.29) is 6.10 Å². The van der Waals surface area contributed by atoms with Crippen LogP contribution in [0.5, 0.6) is 0 Å². The molecule has 0 radical (unpaired) electrons. The number of aryl methyl sites for hydroxylation is 1. The topological polar surface area (TPSA) is 43.4 Å². The van der Waals surface area contributed by atoms with Gasteiger partial charge in [-0.05, 0) is 38.3 Å². The Bertz CT molecular complexity index is 449. The zero-order valence-electron chi connectivity index (χ0n) is 10.6. The van der Waals surface area contributed by atoms with E-state index in [4.69, 9.17) is 4.18 Å². The maximum Gasteiger partial charge on any atom is 0.297 e. The molecule has 0 saturated carbocycles. The lowest BCUT2D eigenvalue weighted by Gasteiger charge is -2.12. The van der Waals surface area contributed by atoms with Crippen LogP contribution in [0.2, 0.25) is 0 Å². The lowest BCUT2D eigenvalue weighted by molar-refractivity contribution is 0.248. The van der Waals surface area contributed by atoms with Crippen molar-refractivity contribution in [2.45, 2.75) is 51.0 Å². The fraction of sp³-hybridized carbons (Fsp3) is 0.538. The Morgan fingerprint density at radius 3 is 2.47 bits per heavy atom. The van der Waals surface area contributed by atoms with Gasteiger partial charge >= 0.3 is 0 Å². The van der Waals surface area contributed by atoms with Crippen molar-refractivity contribution in [3.8, 4) is 0 Å². The largest absolute Gasteiger partial charge is 0.297 e. The number of hydrogen-bond donors (Lipinski definition) is 0. The zero-order chi connectivity index (χ0) is 12.9. The van der Waals surface area contributed by atoms with Gasteiger partial charge in [-0.1, -0.05) is 31.5 Å². The van der Waals surface area contributed by atoms with Crippen molar-refractivity contribution in [1.29, 1.82) is 0 Å². The fourth-order valence-corrected chi connectivity index (χ4v) is 2.97. The van der Waals surface area contributed by atoms with Crippen LogP contribution in [-0.4, -0.2) is 14.5 Å². The van der Waals surface area contributed by atoms with Gasteiger partial charge in [-0.25, -0.2) is 0 Å². The van der Waals surface area contributed by atoms with Crippen LogP contribution in [0, 0.1) is 0 Å². The summed E-state index contributed by atoms with van der Waals surface area (Å²) in [6, 6.07) is 7.06. The van der Waals surface area contributed by atoms with E-state index >= 15 is 0 Å². The van der Waals surface area contributed by atoms with E-state index in [2.05, 4.69) is 6.92 Å². The van der Waals surface area contributed by atoms with Crippen LogP contribution in [0.15, 0.2) is 29.2 Å². The highest BCUT2D eigenvalue weighted by atomic mass is 32.2. The molecule has 96 valence electrons. The predicted octanol–water partition coefficient (Wildman–Crippen LogP) is 3.14. The van der Waals surface area contributed by atoms with Crippen LogP contribution >= 0.6 is 0 Å². The molecule has 0 saturated heterocycles. The van der Waals surface area contributed by atoms with Crippen LogP contribution in [-0.2, 0) is 20.7 Å². The Morgan fingerprint density at radius 1 is 1.24 bits per heavy atom. The van der Waals surface area contributed by atoms with E-state index in [1.807, 2.05) is 12.1 Å². The van der Waals surface area contributed by atoms with Crippen LogP contribution in [0.1, 0.15) is 39.2 Å². The van der Waals surface area contributed by atoms with Crippen molar-refractivity contribution in [3.63, 3.8) is 0 Å². The van der Waals surface area contributed by atoms with Crippen molar-refractivity contribution in [1.82, 2.24) is 0 Å². The highest BCUT2D eigenvalue weighted by Crippen LogP contribution is 2.20. The molecule has 0 atom stereocenters. The van der Waals surface area contributed by atoms with Crippen molar-refractivity contribution >= 4 is 10.1 Å². The Hall–Kier alpha value is -0.870.